The third-order valence-corrected chi connectivity index (χ3v) is 5.29. The molecular weight excluding hydrogens is 452 g/mol. The normalized spacial score (nSPS) is 18.3. The molecular formula is C22H21BrN2O5. The molecule has 0 spiro atoms. The monoisotopic (exact) mass is 472 g/mol. The zero-order chi connectivity index (χ0) is 21.8. The van der Waals surface area contributed by atoms with Gasteiger partial charge in [-0.15, -0.1) is 0 Å². The third kappa shape index (κ3) is 4.97. The summed E-state index contributed by atoms with van der Waals surface area (Å²) in [4.78, 5) is 38.5. The van der Waals surface area contributed by atoms with E-state index in [-0.39, 0.29) is 24.9 Å². The van der Waals surface area contributed by atoms with Crippen molar-refractivity contribution in [2.75, 3.05) is 13.2 Å². The van der Waals surface area contributed by atoms with Gasteiger partial charge < -0.3 is 9.47 Å². The summed E-state index contributed by atoms with van der Waals surface area (Å²) in [5, 5.41) is 11.1. The number of carbonyl (C=O) groups is 3. The smallest absolute Gasteiger partial charge is 0.410 e. The van der Waals surface area contributed by atoms with Crippen molar-refractivity contribution in [3.63, 3.8) is 0 Å². The molecule has 8 heteroatoms. The molecule has 7 nitrogen and oxygen atoms in total. The summed E-state index contributed by atoms with van der Waals surface area (Å²) in [5.74, 6) is -1.55. The number of rotatable bonds is 5. The molecule has 1 aliphatic rings. The number of likely N-dealkylation sites (tertiary alicyclic amines) is 1. The van der Waals surface area contributed by atoms with Crippen LogP contribution in [0.3, 0.4) is 0 Å². The van der Waals surface area contributed by atoms with E-state index >= 15 is 0 Å². The number of nitrogens with zero attached hydrogens (tertiary/aromatic N) is 2. The Morgan fingerprint density at radius 1 is 1.20 bits per heavy atom. The van der Waals surface area contributed by atoms with Gasteiger partial charge in [0.25, 0.3) is 0 Å². The molecule has 1 fully saturated rings. The molecule has 1 aliphatic heterocycles. The second-order valence-corrected chi connectivity index (χ2v) is 8.32. The van der Waals surface area contributed by atoms with E-state index in [2.05, 4.69) is 22.0 Å². The largest absolute Gasteiger partial charge is 0.456 e. The van der Waals surface area contributed by atoms with Crippen LogP contribution in [0.4, 0.5) is 4.79 Å². The number of hydrogen-bond donors (Lipinski definition) is 0. The number of Topliss-reactive ketones (excluding diaryl/α,β-unsaturated/α-hetero) is 1. The topological polar surface area (TPSA) is 96.7 Å². The molecule has 2 aromatic rings. The minimum Gasteiger partial charge on any atom is -0.456 e. The Balaban J connectivity index is 1.66. The van der Waals surface area contributed by atoms with Gasteiger partial charge in [-0.2, -0.15) is 5.26 Å². The Bertz CT molecular complexity index is 1030. The average Bonchev–Trinajstić information content (AvgIpc) is 3.15. The van der Waals surface area contributed by atoms with Crippen LogP contribution in [-0.2, 0) is 14.3 Å². The number of ether oxygens (including phenoxy) is 2. The van der Waals surface area contributed by atoms with Crippen molar-refractivity contribution < 1.29 is 23.9 Å². The van der Waals surface area contributed by atoms with E-state index in [1.165, 1.54) is 4.90 Å². The maximum absolute atomic E-state index is 12.6. The first-order valence-corrected chi connectivity index (χ1v) is 10.3. The molecule has 1 saturated heterocycles. The lowest BCUT2D eigenvalue weighted by Gasteiger charge is -2.23. The molecule has 0 unspecified atom stereocenters. The Hall–Kier alpha value is -2.92. The summed E-state index contributed by atoms with van der Waals surface area (Å²) in [7, 11) is 0. The van der Waals surface area contributed by atoms with E-state index in [1.54, 1.807) is 26.0 Å². The molecule has 1 amide bonds. The minimum absolute atomic E-state index is 0.0933. The highest BCUT2D eigenvalue weighted by molar-refractivity contribution is 9.10. The second-order valence-electron chi connectivity index (χ2n) is 7.40. The van der Waals surface area contributed by atoms with E-state index < -0.39 is 30.6 Å². The molecule has 2 atom stereocenters. The summed E-state index contributed by atoms with van der Waals surface area (Å²) in [6.45, 7) is 3.05. The molecule has 2 aromatic carbocycles. The van der Waals surface area contributed by atoms with Gasteiger partial charge in [-0.1, -0.05) is 34.1 Å². The molecule has 3 rings (SSSR count). The predicted molar refractivity (Wildman–Crippen MR) is 113 cm³/mol. The van der Waals surface area contributed by atoms with Crippen molar-refractivity contribution in [1.29, 1.82) is 5.26 Å². The molecule has 0 saturated carbocycles. The quantitative estimate of drug-likeness (QED) is 0.480. The van der Waals surface area contributed by atoms with Crippen molar-refractivity contribution in [3.8, 4) is 6.07 Å². The van der Waals surface area contributed by atoms with Crippen LogP contribution in [0.1, 0.15) is 30.6 Å². The van der Waals surface area contributed by atoms with Gasteiger partial charge in [0.15, 0.2) is 12.4 Å². The van der Waals surface area contributed by atoms with Gasteiger partial charge in [-0.3, -0.25) is 9.69 Å². The fourth-order valence-electron chi connectivity index (χ4n) is 3.33. The van der Waals surface area contributed by atoms with Crippen molar-refractivity contribution in [3.05, 3.63) is 46.4 Å². The second kappa shape index (κ2) is 9.26. The number of halogens is 1. The van der Waals surface area contributed by atoms with Gasteiger partial charge in [-0.05, 0) is 49.2 Å². The van der Waals surface area contributed by atoms with Gasteiger partial charge in [0.2, 0.25) is 0 Å². The van der Waals surface area contributed by atoms with E-state index in [4.69, 9.17) is 9.47 Å². The van der Waals surface area contributed by atoms with Crippen molar-refractivity contribution in [2.24, 2.45) is 5.92 Å². The molecule has 1 heterocycles. The van der Waals surface area contributed by atoms with Gasteiger partial charge in [0.1, 0.15) is 6.04 Å². The van der Waals surface area contributed by atoms with E-state index in [0.717, 1.165) is 15.2 Å². The number of carbonyl (C=O) groups excluding carboxylic acids is 3. The Kier molecular flexibility index (Phi) is 6.73. The minimum atomic E-state index is -0.942. The number of esters is 1. The van der Waals surface area contributed by atoms with E-state index in [1.807, 2.05) is 24.3 Å². The van der Waals surface area contributed by atoms with Gasteiger partial charge >= 0.3 is 12.1 Å². The lowest BCUT2D eigenvalue weighted by Crippen LogP contribution is -2.42. The van der Waals surface area contributed by atoms with Gasteiger partial charge in [0.05, 0.1) is 18.1 Å². The molecule has 156 valence electrons. The number of benzene rings is 2. The number of ketones is 1. The third-order valence-electron chi connectivity index (χ3n) is 4.80. The molecule has 0 aliphatic carbocycles. The van der Waals surface area contributed by atoms with Crippen molar-refractivity contribution >= 4 is 44.5 Å². The maximum atomic E-state index is 12.6. The number of fused-ring (bicyclic) bond motifs is 1. The highest BCUT2D eigenvalue weighted by Gasteiger charge is 2.42. The zero-order valence-corrected chi connectivity index (χ0v) is 18.2. The Morgan fingerprint density at radius 3 is 2.60 bits per heavy atom. The first kappa shape index (κ1) is 21.8. The maximum Gasteiger partial charge on any atom is 0.410 e. The van der Waals surface area contributed by atoms with Crippen molar-refractivity contribution in [1.82, 2.24) is 4.90 Å². The van der Waals surface area contributed by atoms with Crippen LogP contribution < -0.4 is 0 Å². The SMILES string of the molecule is CC(C)OC(=O)N1C[C@H](C#N)C[C@@H]1C(=O)OCC(=O)c1ccc2cc(Br)ccc2c1. The summed E-state index contributed by atoms with van der Waals surface area (Å²) in [5.41, 5.74) is 0.426. The molecule has 0 radical (unpaired) electrons. The van der Waals surface area contributed by atoms with Crippen LogP contribution in [0.15, 0.2) is 40.9 Å². The summed E-state index contributed by atoms with van der Waals surface area (Å²) in [6, 6.07) is 12.1. The summed E-state index contributed by atoms with van der Waals surface area (Å²) >= 11 is 3.41. The first-order chi connectivity index (χ1) is 14.3. The number of amides is 1. The zero-order valence-electron chi connectivity index (χ0n) is 16.6. The standard InChI is InChI=1S/C22H21BrN2O5/c1-13(2)30-22(28)25-11-14(10-24)7-19(25)21(27)29-12-20(26)17-4-3-16-9-18(23)6-5-15(16)8-17/h3-6,8-9,13-14,19H,7,11-12H2,1-2H3/t14-,19+/m0/s1. The van der Waals surface area contributed by atoms with Gasteiger partial charge in [-0.25, -0.2) is 9.59 Å². The fourth-order valence-corrected chi connectivity index (χ4v) is 3.71. The molecule has 0 aromatic heterocycles. The predicted octanol–water partition coefficient (Wildman–Crippen LogP) is 4.09. The highest BCUT2D eigenvalue weighted by Crippen LogP contribution is 2.25. The van der Waals surface area contributed by atoms with Crippen LogP contribution in [0.2, 0.25) is 0 Å². The fraction of sp³-hybridized carbons (Fsp3) is 0.364. The van der Waals surface area contributed by atoms with Crippen LogP contribution in [0, 0.1) is 17.2 Å². The van der Waals surface area contributed by atoms with E-state index in [9.17, 15) is 19.6 Å². The van der Waals surface area contributed by atoms with Crippen LogP contribution in [-0.4, -0.2) is 48.0 Å². The summed E-state index contributed by atoms with van der Waals surface area (Å²) in [6.07, 6.45) is -0.871. The first-order valence-electron chi connectivity index (χ1n) is 9.54. The Morgan fingerprint density at radius 2 is 1.90 bits per heavy atom. The number of hydrogen-bond acceptors (Lipinski definition) is 6. The number of nitriles is 1. The molecule has 0 N–H and O–H groups in total. The Labute approximate surface area is 182 Å². The average molecular weight is 473 g/mol. The lowest BCUT2D eigenvalue weighted by molar-refractivity contribution is -0.147. The van der Waals surface area contributed by atoms with Crippen LogP contribution in [0.25, 0.3) is 10.8 Å². The molecule has 0 bridgehead atoms. The van der Waals surface area contributed by atoms with E-state index in [0.29, 0.717) is 5.56 Å². The summed E-state index contributed by atoms with van der Waals surface area (Å²) < 4.78 is 11.3. The van der Waals surface area contributed by atoms with Crippen molar-refractivity contribution in [2.45, 2.75) is 32.4 Å². The van der Waals surface area contributed by atoms with Crippen LogP contribution in [0.5, 0.6) is 0 Å². The lowest BCUT2D eigenvalue weighted by atomic mass is 10.0. The van der Waals surface area contributed by atoms with Crippen LogP contribution >= 0.6 is 15.9 Å². The highest BCUT2D eigenvalue weighted by atomic mass is 79.9. The molecule has 30 heavy (non-hydrogen) atoms. The van der Waals surface area contributed by atoms with Gasteiger partial charge in [0, 0.05) is 16.6 Å².